The molecule has 2 rings (SSSR count). The molecule has 0 aliphatic rings. The van der Waals surface area contributed by atoms with Crippen molar-refractivity contribution >= 4 is 33.3 Å². The van der Waals surface area contributed by atoms with Gasteiger partial charge < -0.3 is 10.6 Å². The summed E-state index contributed by atoms with van der Waals surface area (Å²) in [6.45, 7) is 5.81. The van der Waals surface area contributed by atoms with Crippen LogP contribution >= 0.6 is 15.9 Å². The molecule has 112 valence electrons. The van der Waals surface area contributed by atoms with E-state index in [1.54, 1.807) is 6.07 Å². The summed E-state index contributed by atoms with van der Waals surface area (Å²) in [4.78, 5) is 8.95. The van der Waals surface area contributed by atoms with Gasteiger partial charge in [-0.3, -0.25) is 0 Å². The van der Waals surface area contributed by atoms with E-state index in [4.69, 9.17) is 0 Å². The van der Waals surface area contributed by atoms with Crippen LogP contribution in [0.15, 0.2) is 16.6 Å². The van der Waals surface area contributed by atoms with Gasteiger partial charge in [-0.2, -0.15) is 0 Å². The predicted molar refractivity (Wildman–Crippen MR) is 87.8 cm³/mol. The lowest BCUT2D eigenvalue weighted by Crippen LogP contribution is -2.07. The van der Waals surface area contributed by atoms with Crippen molar-refractivity contribution in [2.24, 2.45) is 0 Å². The highest BCUT2D eigenvalue weighted by Gasteiger charge is 2.12. The predicted octanol–water partition coefficient (Wildman–Crippen LogP) is 4.34. The van der Waals surface area contributed by atoms with Crippen LogP contribution in [-0.2, 0) is 6.42 Å². The molecule has 0 saturated heterocycles. The minimum Gasteiger partial charge on any atom is -0.373 e. The van der Waals surface area contributed by atoms with Gasteiger partial charge in [-0.15, -0.1) is 0 Å². The molecule has 2 N–H and O–H groups in total. The van der Waals surface area contributed by atoms with Crippen molar-refractivity contribution in [1.82, 2.24) is 9.97 Å². The summed E-state index contributed by atoms with van der Waals surface area (Å²) in [6, 6.07) is 3.21. The third-order valence-electron chi connectivity index (χ3n) is 3.27. The van der Waals surface area contributed by atoms with Gasteiger partial charge in [0.25, 0.3) is 0 Å². The Morgan fingerprint density at radius 1 is 1.19 bits per heavy atom. The van der Waals surface area contributed by atoms with Crippen LogP contribution in [0.5, 0.6) is 0 Å². The zero-order valence-corrected chi connectivity index (χ0v) is 14.1. The number of aromatic nitrogens is 2. The Bertz CT molecular complexity index is 673. The normalized spacial score (nSPS) is 10.6. The molecule has 0 radical (unpaired) electrons. The maximum atomic E-state index is 13.5. The van der Waals surface area contributed by atoms with Crippen molar-refractivity contribution < 1.29 is 4.39 Å². The molecule has 0 bridgehead atoms. The van der Waals surface area contributed by atoms with E-state index >= 15 is 0 Å². The van der Waals surface area contributed by atoms with Gasteiger partial charge in [0.15, 0.2) is 0 Å². The highest BCUT2D eigenvalue weighted by atomic mass is 79.9. The molecule has 2 aromatic rings. The third-order valence-corrected chi connectivity index (χ3v) is 3.87. The number of anilines is 3. The first-order valence-electron chi connectivity index (χ1n) is 6.74. The Labute approximate surface area is 132 Å². The maximum Gasteiger partial charge on any atom is 0.139 e. The van der Waals surface area contributed by atoms with E-state index < -0.39 is 0 Å². The fraction of sp³-hybridized carbons (Fsp3) is 0.333. The highest BCUT2D eigenvalue weighted by Crippen LogP contribution is 2.29. The van der Waals surface area contributed by atoms with Crippen molar-refractivity contribution in [3.63, 3.8) is 0 Å². The Kier molecular flexibility index (Phi) is 4.77. The van der Waals surface area contributed by atoms with Crippen molar-refractivity contribution in [2.75, 3.05) is 17.7 Å². The summed E-state index contributed by atoms with van der Waals surface area (Å²) in [5.41, 5.74) is 2.56. The van der Waals surface area contributed by atoms with Gasteiger partial charge in [-0.1, -0.05) is 6.92 Å². The first-order valence-corrected chi connectivity index (χ1v) is 7.53. The van der Waals surface area contributed by atoms with Crippen LogP contribution in [0.3, 0.4) is 0 Å². The second-order valence-electron chi connectivity index (χ2n) is 4.77. The number of hydrogen-bond donors (Lipinski definition) is 2. The molecule has 0 atom stereocenters. The molecular weight excluding hydrogens is 335 g/mol. The monoisotopic (exact) mass is 352 g/mol. The molecule has 1 heterocycles. The molecule has 21 heavy (non-hydrogen) atoms. The summed E-state index contributed by atoms with van der Waals surface area (Å²) in [7, 11) is 1.83. The van der Waals surface area contributed by atoms with E-state index in [1.807, 2.05) is 27.8 Å². The molecule has 0 spiro atoms. The number of hydrogen-bond acceptors (Lipinski definition) is 4. The van der Waals surface area contributed by atoms with Gasteiger partial charge in [-0.25, -0.2) is 14.4 Å². The van der Waals surface area contributed by atoms with E-state index in [9.17, 15) is 4.39 Å². The summed E-state index contributed by atoms with van der Waals surface area (Å²) in [5.74, 6) is 2.00. The molecule has 0 saturated carbocycles. The van der Waals surface area contributed by atoms with Crippen LogP contribution in [0.1, 0.15) is 23.9 Å². The van der Waals surface area contributed by atoms with Crippen molar-refractivity contribution in [2.45, 2.75) is 27.2 Å². The fourth-order valence-corrected chi connectivity index (χ4v) is 2.34. The highest BCUT2D eigenvalue weighted by molar-refractivity contribution is 9.10. The van der Waals surface area contributed by atoms with Crippen LogP contribution < -0.4 is 10.6 Å². The number of rotatable bonds is 4. The van der Waals surface area contributed by atoms with E-state index in [0.717, 1.165) is 40.7 Å². The van der Waals surface area contributed by atoms with Gasteiger partial charge in [0, 0.05) is 24.7 Å². The van der Waals surface area contributed by atoms with Crippen LogP contribution in [-0.4, -0.2) is 17.0 Å². The molecule has 0 fully saturated rings. The van der Waals surface area contributed by atoms with E-state index in [-0.39, 0.29) is 5.82 Å². The molecule has 4 nitrogen and oxygen atoms in total. The van der Waals surface area contributed by atoms with Crippen molar-refractivity contribution in [1.29, 1.82) is 0 Å². The lowest BCUT2D eigenvalue weighted by atomic mass is 10.2. The van der Waals surface area contributed by atoms with Crippen molar-refractivity contribution in [3.8, 4) is 0 Å². The Hall–Kier alpha value is -1.69. The third kappa shape index (κ3) is 3.32. The molecule has 1 aromatic heterocycles. The first-order chi connectivity index (χ1) is 9.96. The van der Waals surface area contributed by atoms with Gasteiger partial charge in [0.2, 0.25) is 0 Å². The van der Waals surface area contributed by atoms with E-state index in [0.29, 0.717) is 4.47 Å². The Morgan fingerprint density at radius 2 is 1.86 bits per heavy atom. The zero-order chi connectivity index (χ0) is 15.6. The first kappa shape index (κ1) is 15.7. The summed E-state index contributed by atoms with van der Waals surface area (Å²) >= 11 is 3.21. The molecule has 6 heteroatoms. The zero-order valence-electron chi connectivity index (χ0n) is 12.5. The SMILES string of the molecule is CCc1nc(NC)c(C)c(Nc2cc(Br)c(F)cc2C)n1. The number of halogens is 2. The second-order valence-corrected chi connectivity index (χ2v) is 5.63. The maximum absolute atomic E-state index is 13.5. The van der Waals surface area contributed by atoms with Gasteiger partial charge in [-0.05, 0) is 47.5 Å². The number of aryl methyl sites for hydroxylation is 2. The molecule has 0 aliphatic carbocycles. The molecule has 0 aliphatic heterocycles. The quantitative estimate of drug-likeness (QED) is 0.858. The van der Waals surface area contributed by atoms with Crippen LogP contribution in [0.25, 0.3) is 0 Å². The smallest absolute Gasteiger partial charge is 0.139 e. The summed E-state index contributed by atoms with van der Waals surface area (Å²) in [5, 5.41) is 6.34. The van der Waals surface area contributed by atoms with E-state index in [1.165, 1.54) is 6.07 Å². The van der Waals surface area contributed by atoms with Crippen LogP contribution in [0.2, 0.25) is 0 Å². The molecular formula is C15H18BrFN4. The average Bonchev–Trinajstić information content (AvgIpc) is 2.46. The summed E-state index contributed by atoms with van der Waals surface area (Å²) < 4.78 is 13.9. The van der Waals surface area contributed by atoms with E-state index in [2.05, 4.69) is 36.5 Å². The largest absolute Gasteiger partial charge is 0.373 e. The number of nitrogens with zero attached hydrogens (tertiary/aromatic N) is 2. The second kappa shape index (κ2) is 6.39. The van der Waals surface area contributed by atoms with Gasteiger partial charge >= 0.3 is 0 Å². The number of nitrogens with one attached hydrogen (secondary N) is 2. The minimum atomic E-state index is -0.275. The average molecular weight is 353 g/mol. The van der Waals surface area contributed by atoms with Crippen molar-refractivity contribution in [3.05, 3.63) is 39.4 Å². The lowest BCUT2D eigenvalue weighted by molar-refractivity contribution is 0.620. The van der Waals surface area contributed by atoms with Gasteiger partial charge in [0.1, 0.15) is 23.3 Å². The molecule has 0 unspecified atom stereocenters. The minimum absolute atomic E-state index is 0.275. The van der Waals surface area contributed by atoms with Crippen LogP contribution in [0.4, 0.5) is 21.7 Å². The number of benzene rings is 1. The Morgan fingerprint density at radius 3 is 2.48 bits per heavy atom. The lowest BCUT2D eigenvalue weighted by Gasteiger charge is -2.15. The van der Waals surface area contributed by atoms with Crippen LogP contribution in [0, 0.1) is 19.7 Å². The molecule has 0 amide bonds. The van der Waals surface area contributed by atoms with Gasteiger partial charge in [0.05, 0.1) is 4.47 Å². The standard InChI is InChI=1S/C15H18BrFN4/c1-5-13-20-14(18-4)9(3)15(21-13)19-12-7-10(16)11(17)6-8(12)2/h6-7H,5H2,1-4H3,(H2,18,19,20,21). The fourth-order valence-electron chi connectivity index (χ4n) is 1.99. The Balaban J connectivity index is 2.46. The summed E-state index contributed by atoms with van der Waals surface area (Å²) in [6.07, 6.45) is 0.746. The molecule has 1 aromatic carbocycles. The topological polar surface area (TPSA) is 49.8 Å².